The van der Waals surface area contributed by atoms with E-state index in [0.717, 1.165) is 23.7 Å². The Hall–Kier alpha value is -1.60. The SMILES string of the molecule is CC1CCCN(S(=O)(=O)Nc2n[nH]c3ccccc23)C1. The molecule has 1 atom stereocenters. The average molecular weight is 294 g/mol. The van der Waals surface area contributed by atoms with E-state index in [9.17, 15) is 8.42 Å². The first-order valence-corrected chi connectivity index (χ1v) is 8.21. The summed E-state index contributed by atoms with van der Waals surface area (Å²) in [6.07, 6.45) is 1.99. The Labute approximate surface area is 118 Å². The molecule has 1 aromatic heterocycles. The Morgan fingerprint density at radius 2 is 2.20 bits per heavy atom. The predicted molar refractivity (Wildman–Crippen MR) is 78.6 cm³/mol. The van der Waals surface area contributed by atoms with Crippen LogP contribution >= 0.6 is 0 Å². The average Bonchev–Trinajstić information content (AvgIpc) is 2.82. The molecule has 1 saturated heterocycles. The molecule has 0 bridgehead atoms. The molecule has 0 aliphatic carbocycles. The van der Waals surface area contributed by atoms with Crippen LogP contribution in [-0.2, 0) is 10.2 Å². The van der Waals surface area contributed by atoms with Crippen molar-refractivity contribution in [2.75, 3.05) is 17.8 Å². The zero-order valence-corrected chi connectivity index (χ0v) is 12.2. The highest BCUT2D eigenvalue weighted by atomic mass is 32.2. The van der Waals surface area contributed by atoms with Crippen LogP contribution in [0.5, 0.6) is 0 Å². The van der Waals surface area contributed by atoms with Crippen molar-refractivity contribution in [1.29, 1.82) is 0 Å². The first kappa shape index (κ1) is 13.4. The van der Waals surface area contributed by atoms with Gasteiger partial charge in [-0.2, -0.15) is 17.8 Å². The highest BCUT2D eigenvalue weighted by molar-refractivity contribution is 7.90. The van der Waals surface area contributed by atoms with Crippen molar-refractivity contribution in [3.63, 3.8) is 0 Å². The topological polar surface area (TPSA) is 78.1 Å². The maximum absolute atomic E-state index is 12.4. The third kappa shape index (κ3) is 2.51. The van der Waals surface area contributed by atoms with E-state index in [1.54, 1.807) is 0 Å². The molecule has 0 amide bonds. The monoisotopic (exact) mass is 294 g/mol. The smallest absolute Gasteiger partial charge is 0.276 e. The second-order valence-corrected chi connectivity index (χ2v) is 7.00. The molecule has 7 heteroatoms. The highest BCUT2D eigenvalue weighted by Gasteiger charge is 2.27. The molecule has 3 rings (SSSR count). The minimum atomic E-state index is -3.53. The number of hydrogen-bond donors (Lipinski definition) is 2. The van der Waals surface area contributed by atoms with Gasteiger partial charge in [0.2, 0.25) is 0 Å². The van der Waals surface area contributed by atoms with Crippen molar-refractivity contribution in [1.82, 2.24) is 14.5 Å². The number of rotatable bonds is 3. The van der Waals surface area contributed by atoms with Gasteiger partial charge in [-0.3, -0.25) is 9.82 Å². The molecule has 1 fully saturated rings. The lowest BCUT2D eigenvalue weighted by molar-refractivity contribution is 0.282. The molecule has 2 N–H and O–H groups in total. The van der Waals surface area contributed by atoms with E-state index in [1.807, 2.05) is 24.3 Å². The summed E-state index contributed by atoms with van der Waals surface area (Å²) in [5.74, 6) is 0.759. The molecule has 6 nitrogen and oxygen atoms in total. The number of benzene rings is 1. The number of aromatic nitrogens is 2. The number of nitrogens with one attached hydrogen (secondary N) is 2. The van der Waals surface area contributed by atoms with Crippen LogP contribution in [0.15, 0.2) is 24.3 Å². The van der Waals surface area contributed by atoms with Crippen LogP contribution in [-0.4, -0.2) is 36.0 Å². The molecule has 0 radical (unpaired) electrons. The summed E-state index contributed by atoms with van der Waals surface area (Å²) in [4.78, 5) is 0. The number of piperidine rings is 1. The van der Waals surface area contributed by atoms with Crippen LogP contribution in [0.25, 0.3) is 10.9 Å². The molecule has 1 aromatic carbocycles. The number of H-pyrrole nitrogens is 1. The lowest BCUT2D eigenvalue weighted by Gasteiger charge is -2.29. The number of fused-ring (bicyclic) bond motifs is 1. The van der Waals surface area contributed by atoms with Gasteiger partial charge in [-0.1, -0.05) is 19.1 Å². The second-order valence-electron chi connectivity index (χ2n) is 5.33. The summed E-state index contributed by atoms with van der Waals surface area (Å²) in [6, 6.07) is 7.45. The molecule has 20 heavy (non-hydrogen) atoms. The zero-order valence-electron chi connectivity index (χ0n) is 11.3. The lowest BCUT2D eigenvalue weighted by atomic mass is 10.0. The summed E-state index contributed by atoms with van der Waals surface area (Å²) in [5, 5.41) is 7.66. The van der Waals surface area contributed by atoms with Crippen molar-refractivity contribution in [3.8, 4) is 0 Å². The fraction of sp³-hybridized carbons (Fsp3) is 0.462. The summed E-state index contributed by atoms with van der Waals surface area (Å²) >= 11 is 0. The Kier molecular flexibility index (Phi) is 3.39. The van der Waals surface area contributed by atoms with Gasteiger partial charge in [-0.15, -0.1) is 0 Å². The molecule has 1 aliphatic rings. The van der Waals surface area contributed by atoms with E-state index < -0.39 is 10.2 Å². The molecule has 0 spiro atoms. The van der Waals surface area contributed by atoms with Gasteiger partial charge >= 0.3 is 10.2 Å². The standard InChI is InChI=1S/C13H18N4O2S/c1-10-5-4-8-17(9-10)20(18,19)16-13-11-6-2-3-7-12(11)14-15-13/h2-3,6-7,10H,4-5,8-9H2,1H3,(H2,14,15,16). The number of hydrogen-bond acceptors (Lipinski definition) is 3. The minimum absolute atomic E-state index is 0.360. The summed E-state index contributed by atoms with van der Waals surface area (Å²) in [5.41, 5.74) is 0.817. The summed E-state index contributed by atoms with van der Waals surface area (Å²) < 4.78 is 28.9. The van der Waals surface area contributed by atoms with Gasteiger partial charge in [-0.25, -0.2) is 0 Å². The third-order valence-electron chi connectivity index (χ3n) is 3.66. The number of nitrogens with zero attached hydrogens (tertiary/aromatic N) is 2. The third-order valence-corrected chi connectivity index (χ3v) is 5.12. The van der Waals surface area contributed by atoms with E-state index >= 15 is 0 Å². The largest absolute Gasteiger partial charge is 0.302 e. The van der Waals surface area contributed by atoms with E-state index in [4.69, 9.17) is 0 Å². The van der Waals surface area contributed by atoms with Crippen LogP contribution in [0.4, 0.5) is 5.82 Å². The fourth-order valence-corrected chi connectivity index (χ4v) is 3.94. The maximum atomic E-state index is 12.4. The predicted octanol–water partition coefficient (Wildman–Crippen LogP) is 1.95. The van der Waals surface area contributed by atoms with Crippen molar-refractivity contribution in [3.05, 3.63) is 24.3 Å². The lowest BCUT2D eigenvalue weighted by Crippen LogP contribution is -2.42. The van der Waals surface area contributed by atoms with Crippen LogP contribution in [0.3, 0.4) is 0 Å². The van der Waals surface area contributed by atoms with Gasteiger partial charge in [0.1, 0.15) is 0 Å². The molecular formula is C13H18N4O2S. The van der Waals surface area contributed by atoms with Gasteiger partial charge < -0.3 is 0 Å². The zero-order chi connectivity index (χ0) is 14.2. The molecule has 1 aliphatic heterocycles. The van der Waals surface area contributed by atoms with Crippen LogP contribution < -0.4 is 4.72 Å². The molecular weight excluding hydrogens is 276 g/mol. The van der Waals surface area contributed by atoms with Crippen molar-refractivity contribution < 1.29 is 8.42 Å². The first-order valence-electron chi connectivity index (χ1n) is 6.77. The van der Waals surface area contributed by atoms with Gasteiger partial charge in [0.25, 0.3) is 0 Å². The van der Waals surface area contributed by atoms with Crippen molar-refractivity contribution in [2.45, 2.75) is 19.8 Å². The van der Waals surface area contributed by atoms with Crippen LogP contribution in [0.2, 0.25) is 0 Å². The Balaban J connectivity index is 1.86. The molecule has 2 aromatic rings. The van der Waals surface area contributed by atoms with Gasteiger partial charge in [-0.05, 0) is 30.9 Å². The number of anilines is 1. The van der Waals surface area contributed by atoms with E-state index in [2.05, 4.69) is 21.8 Å². The Morgan fingerprint density at radius 1 is 1.40 bits per heavy atom. The normalized spacial score (nSPS) is 21.1. The fourth-order valence-electron chi connectivity index (χ4n) is 2.59. The summed E-state index contributed by atoms with van der Waals surface area (Å²) in [7, 11) is -3.53. The Bertz CT molecular complexity index is 710. The second kappa shape index (κ2) is 5.06. The van der Waals surface area contributed by atoms with Crippen molar-refractivity contribution in [2.24, 2.45) is 5.92 Å². The highest BCUT2D eigenvalue weighted by Crippen LogP contribution is 2.23. The van der Waals surface area contributed by atoms with Gasteiger partial charge in [0, 0.05) is 18.5 Å². The molecule has 1 unspecified atom stereocenters. The van der Waals surface area contributed by atoms with E-state index in [-0.39, 0.29) is 0 Å². The number of aromatic amines is 1. The van der Waals surface area contributed by atoms with Crippen LogP contribution in [0, 0.1) is 5.92 Å². The van der Waals surface area contributed by atoms with Crippen molar-refractivity contribution >= 4 is 26.9 Å². The summed E-state index contributed by atoms with van der Waals surface area (Å²) in [6.45, 7) is 3.21. The quantitative estimate of drug-likeness (QED) is 0.908. The van der Waals surface area contributed by atoms with Crippen LogP contribution in [0.1, 0.15) is 19.8 Å². The maximum Gasteiger partial charge on any atom is 0.302 e. The number of para-hydroxylation sites is 1. The van der Waals surface area contributed by atoms with E-state index in [0.29, 0.717) is 24.8 Å². The minimum Gasteiger partial charge on any atom is -0.276 e. The molecule has 2 heterocycles. The molecule has 0 saturated carbocycles. The van der Waals surface area contributed by atoms with Gasteiger partial charge in [0.15, 0.2) is 5.82 Å². The van der Waals surface area contributed by atoms with E-state index in [1.165, 1.54) is 4.31 Å². The van der Waals surface area contributed by atoms with Gasteiger partial charge in [0.05, 0.1) is 5.52 Å². The first-order chi connectivity index (χ1) is 9.56. The molecule has 108 valence electrons. The Morgan fingerprint density at radius 3 is 3.00 bits per heavy atom.